The molecule has 0 atom stereocenters. The van der Waals surface area contributed by atoms with Crippen molar-refractivity contribution >= 4 is 80.4 Å². The molecular weight excluding hydrogens is 849 g/mol. The first-order valence-corrected chi connectivity index (χ1v) is 31.1. The van der Waals surface area contributed by atoms with E-state index in [1.807, 2.05) is 0 Å². The lowest BCUT2D eigenvalue weighted by molar-refractivity contribution is 1.60. The van der Waals surface area contributed by atoms with Crippen LogP contribution >= 0.6 is 0 Å². The largest absolute Gasteiger partial charge is 0.0775 e. The second-order valence-electron chi connectivity index (χ2n) is 20.9. The fraction of sp³-hybridized carbons (Fsp3) is 0.0909. The average molecular weight is 903 g/mol. The smallest absolute Gasteiger partial charge is 0.0656 e. The summed E-state index contributed by atoms with van der Waals surface area (Å²) in [5.74, 6) is 0. The zero-order valence-electron chi connectivity index (χ0n) is 39.8. The van der Waals surface area contributed by atoms with Gasteiger partial charge >= 0.3 is 0 Å². The molecule has 0 heterocycles. The molecule has 0 unspecified atom stereocenters. The third-order valence-electron chi connectivity index (χ3n) is 14.6. The molecule has 0 aromatic heterocycles. The van der Waals surface area contributed by atoms with Gasteiger partial charge in [-0.25, -0.2) is 0 Å². The predicted molar refractivity (Wildman–Crippen MR) is 304 cm³/mol. The Balaban J connectivity index is 1.09. The summed E-state index contributed by atoms with van der Waals surface area (Å²) in [4.78, 5) is 0. The third kappa shape index (κ3) is 7.36. The Bertz CT molecular complexity index is 3610. The molecule has 0 amide bonds. The Labute approximate surface area is 402 Å². The molecule has 0 saturated carbocycles. The minimum Gasteiger partial charge on any atom is -0.0656 e. The Kier molecular flexibility index (Phi) is 9.99. The Morgan fingerprint density at radius 2 is 0.485 bits per heavy atom. The lowest BCUT2D eigenvalue weighted by atomic mass is 9.81. The summed E-state index contributed by atoms with van der Waals surface area (Å²) < 4.78 is 0. The van der Waals surface area contributed by atoms with Crippen LogP contribution < -0.4 is 10.4 Å². The van der Waals surface area contributed by atoms with Crippen molar-refractivity contribution in [3.8, 4) is 66.8 Å². The second-order valence-corrected chi connectivity index (χ2v) is 31.1. The highest BCUT2D eigenvalue weighted by molar-refractivity contribution is 6.89. The van der Waals surface area contributed by atoms with Gasteiger partial charge in [-0.2, -0.15) is 0 Å². The van der Waals surface area contributed by atoms with Crippen LogP contribution in [0.15, 0.2) is 218 Å². The van der Waals surface area contributed by atoms with Crippen molar-refractivity contribution in [2.75, 3.05) is 0 Å². The molecule has 0 N–H and O–H groups in total. The Morgan fingerprint density at radius 3 is 0.794 bits per heavy atom. The van der Waals surface area contributed by atoms with E-state index in [4.69, 9.17) is 0 Å². The normalized spacial score (nSPS) is 12.3. The molecule has 0 nitrogen and oxygen atoms in total. The van der Waals surface area contributed by atoms with Crippen LogP contribution in [0.3, 0.4) is 0 Å². The quantitative estimate of drug-likeness (QED) is 0.105. The zero-order chi connectivity index (χ0) is 46.3. The highest BCUT2D eigenvalue weighted by Crippen LogP contribution is 2.49. The number of hydrogen-bond acceptors (Lipinski definition) is 0. The molecule has 0 radical (unpaired) electrons. The molecule has 0 aliphatic rings. The number of rotatable bonds is 8. The van der Waals surface area contributed by atoms with Crippen molar-refractivity contribution in [1.29, 1.82) is 0 Å². The summed E-state index contributed by atoms with van der Waals surface area (Å²) in [6.45, 7) is 14.6. The lowest BCUT2D eigenvalue weighted by Gasteiger charge is -2.22. The van der Waals surface area contributed by atoms with Gasteiger partial charge in [0.2, 0.25) is 0 Å². The molecule has 0 fully saturated rings. The van der Waals surface area contributed by atoms with Gasteiger partial charge in [0, 0.05) is 0 Å². The van der Waals surface area contributed by atoms with Crippen molar-refractivity contribution in [2.24, 2.45) is 0 Å². The molecular formula is C66H54Si2. The lowest BCUT2D eigenvalue weighted by Crippen LogP contribution is -2.37. The van der Waals surface area contributed by atoms with Gasteiger partial charge in [0.1, 0.15) is 0 Å². The van der Waals surface area contributed by atoms with E-state index in [1.54, 1.807) is 0 Å². The van der Waals surface area contributed by atoms with Crippen LogP contribution in [0, 0.1) is 0 Å². The summed E-state index contributed by atoms with van der Waals surface area (Å²) in [6.07, 6.45) is 0. The summed E-state index contributed by atoms with van der Waals surface area (Å²) in [6, 6.07) is 83.1. The topological polar surface area (TPSA) is 0 Å². The average Bonchev–Trinajstić information content (AvgIpc) is 3.37. The highest BCUT2D eigenvalue weighted by atomic mass is 28.3. The summed E-state index contributed by atoms with van der Waals surface area (Å²) in [5, 5.41) is 15.8. The minimum atomic E-state index is -1.50. The van der Waals surface area contributed by atoms with E-state index < -0.39 is 16.1 Å². The summed E-state index contributed by atoms with van der Waals surface area (Å²) in [5.41, 5.74) is 14.9. The summed E-state index contributed by atoms with van der Waals surface area (Å²) in [7, 11) is -3.00. The first kappa shape index (κ1) is 42.0. The number of fused-ring (bicyclic) bond motifs is 2. The highest BCUT2D eigenvalue weighted by Gasteiger charge is 2.23. The van der Waals surface area contributed by atoms with E-state index in [2.05, 4.69) is 258 Å². The molecule has 0 saturated heterocycles. The van der Waals surface area contributed by atoms with Gasteiger partial charge < -0.3 is 0 Å². The Hall–Kier alpha value is -7.37. The van der Waals surface area contributed by atoms with Gasteiger partial charge in [-0.1, -0.05) is 244 Å². The van der Waals surface area contributed by atoms with Crippen LogP contribution in [-0.4, -0.2) is 16.1 Å². The number of hydrogen-bond donors (Lipinski definition) is 0. The SMILES string of the molecule is C[Si](C)(C)c1ccc(-c2cc(-c3ccc(-c4ccc5ccccc5c4)cc3)c3ccc4c(-c5ccc([Si](C)(C)C)cc5)cc(-c5ccc(-c6ccc7ccccc7c6)cc5)c5ccc2c3c54)cc1. The molecule has 326 valence electrons. The van der Waals surface area contributed by atoms with Gasteiger partial charge in [0.15, 0.2) is 0 Å². The molecule has 2 heteroatoms. The van der Waals surface area contributed by atoms with Gasteiger partial charge in [0.25, 0.3) is 0 Å². The minimum absolute atomic E-state index is 1.22. The van der Waals surface area contributed by atoms with Gasteiger partial charge in [-0.15, -0.1) is 0 Å². The summed E-state index contributed by atoms with van der Waals surface area (Å²) >= 11 is 0. The van der Waals surface area contributed by atoms with Crippen LogP contribution in [0.5, 0.6) is 0 Å². The van der Waals surface area contributed by atoms with E-state index in [1.165, 1.54) is 131 Å². The standard InChI is InChI=1S/C66H54Si2/c1-67(2,3)55-31-27-49(28-32-55)63-41-61(47-21-15-45(16-22-47)53-25-19-43-11-7-9-13-51(43)39-53)57-36-38-60-64(50-29-33-56(34-30-50)68(4,5)6)42-62(58-35-37-59(63)65(57)66(58)60)48-23-17-46(18-24-48)54-26-20-44-12-8-10-14-52(44)40-54/h7-42H,1-6H3. The van der Waals surface area contributed by atoms with Crippen molar-refractivity contribution in [1.82, 2.24) is 0 Å². The van der Waals surface area contributed by atoms with E-state index in [-0.39, 0.29) is 0 Å². The molecule has 12 aromatic carbocycles. The van der Waals surface area contributed by atoms with Crippen LogP contribution in [0.25, 0.3) is 121 Å². The molecule has 0 spiro atoms. The van der Waals surface area contributed by atoms with Gasteiger partial charge in [0.05, 0.1) is 16.1 Å². The van der Waals surface area contributed by atoms with E-state index in [0.717, 1.165) is 0 Å². The van der Waals surface area contributed by atoms with Crippen LogP contribution in [0.2, 0.25) is 39.3 Å². The van der Waals surface area contributed by atoms with Crippen molar-refractivity contribution < 1.29 is 0 Å². The van der Waals surface area contributed by atoms with Crippen LogP contribution in [0.4, 0.5) is 0 Å². The predicted octanol–water partition coefficient (Wildman–Crippen LogP) is 18.0. The van der Waals surface area contributed by atoms with E-state index in [0.29, 0.717) is 0 Å². The first-order valence-electron chi connectivity index (χ1n) is 24.1. The molecule has 0 bridgehead atoms. The first-order chi connectivity index (χ1) is 32.9. The molecule has 0 aliphatic heterocycles. The molecule has 68 heavy (non-hydrogen) atoms. The van der Waals surface area contributed by atoms with E-state index in [9.17, 15) is 0 Å². The maximum absolute atomic E-state index is 2.47. The Morgan fingerprint density at radius 1 is 0.221 bits per heavy atom. The number of benzene rings is 12. The monoisotopic (exact) mass is 902 g/mol. The van der Waals surface area contributed by atoms with Crippen molar-refractivity contribution in [3.63, 3.8) is 0 Å². The zero-order valence-corrected chi connectivity index (χ0v) is 41.8. The van der Waals surface area contributed by atoms with E-state index >= 15 is 0 Å². The van der Waals surface area contributed by atoms with Crippen LogP contribution in [-0.2, 0) is 0 Å². The molecule has 0 aliphatic carbocycles. The second kappa shape index (κ2) is 16.2. The van der Waals surface area contributed by atoms with Gasteiger partial charge in [-0.3, -0.25) is 0 Å². The maximum Gasteiger partial charge on any atom is 0.0775 e. The van der Waals surface area contributed by atoms with Crippen molar-refractivity contribution in [2.45, 2.75) is 39.3 Å². The maximum atomic E-state index is 2.47. The third-order valence-corrected chi connectivity index (χ3v) is 18.7. The fourth-order valence-electron chi connectivity index (χ4n) is 10.7. The molecule has 12 rings (SSSR count). The van der Waals surface area contributed by atoms with Gasteiger partial charge in [-0.05, 0) is 145 Å². The van der Waals surface area contributed by atoms with Crippen molar-refractivity contribution in [3.05, 3.63) is 218 Å². The molecule has 12 aromatic rings. The van der Waals surface area contributed by atoms with Crippen LogP contribution in [0.1, 0.15) is 0 Å². The fourth-order valence-corrected chi connectivity index (χ4v) is 13.0.